The third-order valence-corrected chi connectivity index (χ3v) is 4.18. The standard InChI is InChI=1S/C12H19FN2O3S/c1-8(2)6-9(7-16)15-19(17,18)12-10(13)4-3-5-11(12)14/h3-5,8-9,15-16H,6-7,14H2,1-2H3. The molecule has 0 fully saturated rings. The molecule has 0 saturated heterocycles. The van der Waals surface area contributed by atoms with Crippen molar-refractivity contribution in [3.8, 4) is 0 Å². The number of anilines is 1. The zero-order valence-corrected chi connectivity index (χ0v) is 11.7. The number of nitrogens with two attached hydrogens (primary N) is 1. The van der Waals surface area contributed by atoms with E-state index in [0.29, 0.717) is 6.42 Å². The van der Waals surface area contributed by atoms with Gasteiger partial charge in [-0.15, -0.1) is 0 Å². The third-order valence-electron chi connectivity index (χ3n) is 2.56. The number of benzene rings is 1. The summed E-state index contributed by atoms with van der Waals surface area (Å²) in [6.07, 6.45) is 0.448. The van der Waals surface area contributed by atoms with Crippen molar-refractivity contribution in [2.75, 3.05) is 12.3 Å². The first kappa shape index (κ1) is 15.9. The van der Waals surface area contributed by atoms with E-state index in [-0.39, 0.29) is 18.2 Å². The number of sulfonamides is 1. The molecule has 1 aromatic rings. The molecule has 0 aromatic heterocycles. The fourth-order valence-corrected chi connectivity index (χ4v) is 3.25. The summed E-state index contributed by atoms with van der Waals surface area (Å²) in [6.45, 7) is 3.44. The smallest absolute Gasteiger partial charge is 0.245 e. The van der Waals surface area contributed by atoms with Gasteiger partial charge in [-0.25, -0.2) is 17.5 Å². The molecule has 108 valence electrons. The zero-order chi connectivity index (χ0) is 14.6. The van der Waals surface area contributed by atoms with E-state index >= 15 is 0 Å². The van der Waals surface area contributed by atoms with Crippen molar-refractivity contribution >= 4 is 15.7 Å². The third kappa shape index (κ3) is 4.15. The lowest BCUT2D eigenvalue weighted by atomic mass is 10.1. The van der Waals surface area contributed by atoms with Gasteiger partial charge >= 0.3 is 0 Å². The largest absolute Gasteiger partial charge is 0.398 e. The molecule has 19 heavy (non-hydrogen) atoms. The molecule has 0 saturated carbocycles. The van der Waals surface area contributed by atoms with Crippen LogP contribution in [0.25, 0.3) is 0 Å². The summed E-state index contributed by atoms with van der Waals surface area (Å²) >= 11 is 0. The van der Waals surface area contributed by atoms with Gasteiger partial charge in [0.15, 0.2) is 0 Å². The van der Waals surface area contributed by atoms with E-state index in [0.717, 1.165) is 6.07 Å². The van der Waals surface area contributed by atoms with Crippen LogP contribution in [-0.4, -0.2) is 26.2 Å². The minimum atomic E-state index is -4.09. The molecule has 0 radical (unpaired) electrons. The number of nitrogen functional groups attached to an aromatic ring is 1. The van der Waals surface area contributed by atoms with Crippen molar-refractivity contribution in [1.29, 1.82) is 0 Å². The van der Waals surface area contributed by atoms with Crippen LogP contribution >= 0.6 is 0 Å². The predicted molar refractivity (Wildman–Crippen MR) is 71.5 cm³/mol. The molecule has 0 aliphatic rings. The quantitative estimate of drug-likeness (QED) is 0.684. The molecule has 4 N–H and O–H groups in total. The van der Waals surface area contributed by atoms with Gasteiger partial charge in [0.2, 0.25) is 10.0 Å². The summed E-state index contributed by atoms with van der Waals surface area (Å²) in [7, 11) is -4.09. The highest BCUT2D eigenvalue weighted by Gasteiger charge is 2.25. The van der Waals surface area contributed by atoms with Gasteiger partial charge in [0, 0.05) is 6.04 Å². The van der Waals surface area contributed by atoms with Gasteiger partial charge in [0.1, 0.15) is 10.7 Å². The Morgan fingerprint density at radius 1 is 1.42 bits per heavy atom. The minimum Gasteiger partial charge on any atom is -0.398 e. The SMILES string of the molecule is CC(C)CC(CO)NS(=O)(=O)c1c(N)cccc1F. The minimum absolute atomic E-state index is 0.159. The Morgan fingerprint density at radius 3 is 2.53 bits per heavy atom. The van der Waals surface area contributed by atoms with E-state index in [1.54, 1.807) is 0 Å². The first-order valence-corrected chi connectivity index (χ1v) is 7.43. The van der Waals surface area contributed by atoms with E-state index in [1.807, 2.05) is 13.8 Å². The van der Waals surface area contributed by atoms with Crippen LogP contribution in [0, 0.1) is 11.7 Å². The van der Waals surface area contributed by atoms with Gasteiger partial charge in [-0.1, -0.05) is 19.9 Å². The summed E-state index contributed by atoms with van der Waals surface area (Å²) in [5.41, 5.74) is 5.35. The molecule has 0 heterocycles. The van der Waals surface area contributed by atoms with Gasteiger partial charge < -0.3 is 10.8 Å². The molecule has 7 heteroatoms. The second-order valence-electron chi connectivity index (χ2n) is 4.79. The van der Waals surface area contributed by atoms with Crippen LogP contribution in [0.5, 0.6) is 0 Å². The Morgan fingerprint density at radius 2 is 2.05 bits per heavy atom. The second-order valence-corrected chi connectivity index (χ2v) is 6.44. The predicted octanol–water partition coefficient (Wildman–Crippen LogP) is 1.09. The summed E-state index contributed by atoms with van der Waals surface area (Å²) in [6, 6.07) is 3.01. The van der Waals surface area contributed by atoms with Crippen LogP contribution in [0.2, 0.25) is 0 Å². The number of hydrogen-bond donors (Lipinski definition) is 3. The lowest BCUT2D eigenvalue weighted by molar-refractivity contribution is 0.240. The fourth-order valence-electron chi connectivity index (χ4n) is 1.82. The van der Waals surface area contributed by atoms with Gasteiger partial charge in [0.05, 0.1) is 12.3 Å². The Kier molecular flexibility index (Phi) is 5.28. The second kappa shape index (κ2) is 6.31. The molecule has 1 aromatic carbocycles. The van der Waals surface area contributed by atoms with E-state index < -0.39 is 26.8 Å². The molecule has 1 atom stereocenters. The van der Waals surface area contributed by atoms with Crippen LogP contribution in [-0.2, 0) is 10.0 Å². The number of aliphatic hydroxyl groups excluding tert-OH is 1. The molecule has 1 unspecified atom stereocenters. The average molecular weight is 290 g/mol. The topological polar surface area (TPSA) is 92.4 Å². The molecular weight excluding hydrogens is 271 g/mol. The van der Waals surface area contributed by atoms with Crippen LogP contribution in [0.15, 0.2) is 23.1 Å². The van der Waals surface area contributed by atoms with Crippen molar-refractivity contribution in [2.24, 2.45) is 5.92 Å². The Labute approximate surface area is 112 Å². The van der Waals surface area contributed by atoms with Crippen molar-refractivity contribution in [3.05, 3.63) is 24.0 Å². The maximum absolute atomic E-state index is 13.6. The van der Waals surface area contributed by atoms with Crippen LogP contribution in [0.4, 0.5) is 10.1 Å². The normalized spacial score (nSPS) is 13.7. The maximum Gasteiger partial charge on any atom is 0.245 e. The van der Waals surface area contributed by atoms with Crippen molar-refractivity contribution in [3.63, 3.8) is 0 Å². The molecule has 0 spiro atoms. The number of halogens is 1. The Balaban J connectivity index is 3.04. The van der Waals surface area contributed by atoms with Crippen LogP contribution in [0.3, 0.4) is 0 Å². The molecule has 0 bridgehead atoms. The zero-order valence-electron chi connectivity index (χ0n) is 10.9. The first-order chi connectivity index (χ1) is 8.77. The molecule has 0 aliphatic heterocycles. The molecule has 0 aliphatic carbocycles. The number of hydrogen-bond acceptors (Lipinski definition) is 4. The molecular formula is C12H19FN2O3S. The van der Waals surface area contributed by atoms with Crippen molar-refractivity contribution < 1.29 is 17.9 Å². The van der Waals surface area contributed by atoms with Gasteiger partial charge in [0.25, 0.3) is 0 Å². The monoisotopic (exact) mass is 290 g/mol. The lowest BCUT2D eigenvalue weighted by Gasteiger charge is -2.19. The average Bonchev–Trinajstić information content (AvgIpc) is 2.26. The number of aliphatic hydroxyl groups is 1. The Hall–Kier alpha value is -1.18. The summed E-state index contributed by atoms with van der Waals surface area (Å²) in [4.78, 5) is -0.572. The molecule has 5 nitrogen and oxygen atoms in total. The lowest BCUT2D eigenvalue weighted by Crippen LogP contribution is -2.39. The first-order valence-electron chi connectivity index (χ1n) is 5.95. The number of nitrogens with one attached hydrogen (secondary N) is 1. The highest BCUT2D eigenvalue weighted by Crippen LogP contribution is 2.22. The maximum atomic E-state index is 13.6. The summed E-state index contributed by atoms with van der Waals surface area (Å²) < 4.78 is 40.0. The molecule has 0 amide bonds. The van der Waals surface area contributed by atoms with Crippen molar-refractivity contribution in [1.82, 2.24) is 4.72 Å². The summed E-state index contributed by atoms with van der Waals surface area (Å²) in [5, 5.41) is 9.17. The van der Waals surface area contributed by atoms with E-state index in [2.05, 4.69) is 4.72 Å². The fraction of sp³-hybridized carbons (Fsp3) is 0.500. The van der Waals surface area contributed by atoms with Gasteiger partial charge in [-0.2, -0.15) is 0 Å². The summed E-state index contributed by atoms with van der Waals surface area (Å²) in [5.74, 6) is -0.716. The highest BCUT2D eigenvalue weighted by atomic mass is 32.2. The Bertz CT molecular complexity index is 512. The van der Waals surface area contributed by atoms with Crippen molar-refractivity contribution in [2.45, 2.75) is 31.2 Å². The van der Waals surface area contributed by atoms with Gasteiger partial charge in [-0.3, -0.25) is 0 Å². The van der Waals surface area contributed by atoms with Crippen LogP contribution < -0.4 is 10.5 Å². The van der Waals surface area contributed by atoms with E-state index in [4.69, 9.17) is 5.73 Å². The highest BCUT2D eigenvalue weighted by molar-refractivity contribution is 7.89. The van der Waals surface area contributed by atoms with E-state index in [9.17, 15) is 17.9 Å². The van der Waals surface area contributed by atoms with Crippen LogP contribution in [0.1, 0.15) is 20.3 Å². The van der Waals surface area contributed by atoms with Gasteiger partial charge in [-0.05, 0) is 24.5 Å². The number of rotatable bonds is 6. The van der Waals surface area contributed by atoms with E-state index in [1.165, 1.54) is 12.1 Å². The molecule has 1 rings (SSSR count).